The van der Waals surface area contributed by atoms with Crippen LogP contribution in [-0.4, -0.2) is 31.3 Å². The number of hydrogen-bond donors (Lipinski definition) is 2. The molecule has 1 fully saturated rings. The molecule has 0 spiro atoms. The highest BCUT2D eigenvalue weighted by molar-refractivity contribution is 6.32. The first kappa shape index (κ1) is 21.0. The molecular weight excluding hydrogens is 351 g/mol. The first-order chi connectivity index (χ1) is 10.8. The summed E-state index contributed by atoms with van der Waals surface area (Å²) < 4.78 is 10.8. The molecule has 1 aromatic rings. The second-order valence-electron chi connectivity index (χ2n) is 6.49. The van der Waals surface area contributed by atoms with Gasteiger partial charge >= 0.3 is 0 Å². The lowest BCUT2D eigenvalue weighted by Gasteiger charge is -2.57. The Morgan fingerprint density at radius 3 is 2.62 bits per heavy atom. The van der Waals surface area contributed by atoms with E-state index in [-0.39, 0.29) is 24.4 Å². The maximum atomic E-state index is 12.5. The lowest BCUT2D eigenvalue weighted by molar-refractivity contribution is -0.170. The van der Waals surface area contributed by atoms with Gasteiger partial charge in [-0.05, 0) is 24.6 Å². The average molecular weight is 377 g/mol. The second-order valence-corrected chi connectivity index (χ2v) is 6.90. The molecule has 5 nitrogen and oxygen atoms in total. The van der Waals surface area contributed by atoms with Gasteiger partial charge in [-0.1, -0.05) is 31.5 Å². The number of nitrogens with one attached hydrogen (secondary N) is 1. The van der Waals surface area contributed by atoms with Gasteiger partial charge in [0.25, 0.3) is 0 Å². The van der Waals surface area contributed by atoms with E-state index in [0.717, 1.165) is 5.56 Å². The predicted octanol–water partition coefficient (Wildman–Crippen LogP) is 2.92. The van der Waals surface area contributed by atoms with E-state index in [9.17, 15) is 4.79 Å². The van der Waals surface area contributed by atoms with Gasteiger partial charge in [-0.25, -0.2) is 0 Å². The summed E-state index contributed by atoms with van der Waals surface area (Å²) in [5.74, 6) is 0.446. The van der Waals surface area contributed by atoms with E-state index >= 15 is 0 Å². The molecule has 1 aromatic carbocycles. The number of rotatable bonds is 6. The average Bonchev–Trinajstić information content (AvgIpc) is 2.52. The second kappa shape index (κ2) is 7.91. The molecule has 3 N–H and O–H groups in total. The molecule has 2 rings (SSSR count). The largest absolute Gasteiger partial charge is 0.495 e. The SMILES string of the molecule is CCOC1CC(N)(C(=O)NCc2ccc(OC)c(Cl)c2)C1(C)C.Cl. The van der Waals surface area contributed by atoms with Gasteiger partial charge in [0.1, 0.15) is 11.3 Å². The van der Waals surface area contributed by atoms with E-state index in [2.05, 4.69) is 5.32 Å². The van der Waals surface area contributed by atoms with Crippen molar-refractivity contribution in [2.24, 2.45) is 11.1 Å². The van der Waals surface area contributed by atoms with Gasteiger partial charge in [0.2, 0.25) is 5.91 Å². The molecule has 0 aliphatic heterocycles. The van der Waals surface area contributed by atoms with Crippen LogP contribution in [0.1, 0.15) is 32.8 Å². The van der Waals surface area contributed by atoms with Crippen LogP contribution in [0.25, 0.3) is 0 Å². The summed E-state index contributed by atoms with van der Waals surface area (Å²) in [6, 6.07) is 5.42. The lowest BCUT2D eigenvalue weighted by Crippen LogP contribution is -2.75. The summed E-state index contributed by atoms with van der Waals surface area (Å²) >= 11 is 6.09. The molecule has 1 saturated carbocycles. The third kappa shape index (κ3) is 3.64. The maximum absolute atomic E-state index is 12.5. The van der Waals surface area contributed by atoms with Crippen molar-refractivity contribution >= 4 is 29.9 Å². The number of carbonyl (C=O) groups excluding carboxylic acids is 1. The molecule has 1 amide bonds. The Hall–Kier alpha value is -1.01. The van der Waals surface area contributed by atoms with Gasteiger partial charge in [-0.3, -0.25) is 4.79 Å². The molecule has 0 saturated heterocycles. The van der Waals surface area contributed by atoms with Crippen molar-refractivity contribution < 1.29 is 14.3 Å². The van der Waals surface area contributed by atoms with Crippen molar-refractivity contribution in [1.29, 1.82) is 0 Å². The number of carbonyl (C=O) groups is 1. The number of methoxy groups -OCH3 is 1. The van der Waals surface area contributed by atoms with Crippen LogP contribution < -0.4 is 15.8 Å². The quantitative estimate of drug-likeness (QED) is 0.800. The van der Waals surface area contributed by atoms with Crippen LogP contribution >= 0.6 is 24.0 Å². The van der Waals surface area contributed by atoms with Crippen LogP contribution in [0.4, 0.5) is 0 Å². The van der Waals surface area contributed by atoms with Gasteiger partial charge in [-0.15, -0.1) is 12.4 Å². The fourth-order valence-electron chi connectivity index (χ4n) is 2.98. The van der Waals surface area contributed by atoms with E-state index in [1.54, 1.807) is 19.2 Å². The summed E-state index contributed by atoms with van der Waals surface area (Å²) in [5, 5.41) is 3.42. The number of halogens is 2. The summed E-state index contributed by atoms with van der Waals surface area (Å²) in [4.78, 5) is 12.5. The minimum absolute atomic E-state index is 0. The van der Waals surface area contributed by atoms with Crippen LogP contribution in [0.3, 0.4) is 0 Å². The zero-order valence-corrected chi connectivity index (χ0v) is 16.1. The molecule has 24 heavy (non-hydrogen) atoms. The Morgan fingerprint density at radius 1 is 1.46 bits per heavy atom. The summed E-state index contributed by atoms with van der Waals surface area (Å²) in [6.07, 6.45) is 0.543. The van der Waals surface area contributed by atoms with Crippen LogP contribution in [0.2, 0.25) is 5.02 Å². The van der Waals surface area contributed by atoms with Crippen LogP contribution in [0.15, 0.2) is 18.2 Å². The molecule has 2 atom stereocenters. The summed E-state index contributed by atoms with van der Waals surface area (Å²) in [6.45, 7) is 6.88. The first-order valence-corrected chi connectivity index (χ1v) is 8.15. The summed E-state index contributed by atoms with van der Waals surface area (Å²) in [5.41, 5.74) is 5.93. The molecule has 0 radical (unpaired) electrons. The molecular formula is C17H26Cl2N2O3. The smallest absolute Gasteiger partial charge is 0.241 e. The Balaban J connectivity index is 0.00000288. The number of benzene rings is 1. The monoisotopic (exact) mass is 376 g/mol. The number of ether oxygens (including phenoxy) is 2. The van der Waals surface area contributed by atoms with Crippen molar-refractivity contribution in [1.82, 2.24) is 5.32 Å². The van der Waals surface area contributed by atoms with Crippen LogP contribution in [-0.2, 0) is 16.1 Å². The molecule has 136 valence electrons. The molecule has 7 heteroatoms. The zero-order valence-electron chi connectivity index (χ0n) is 14.5. The Kier molecular flexibility index (Phi) is 6.94. The molecule has 0 heterocycles. The molecule has 2 unspecified atom stereocenters. The highest BCUT2D eigenvalue weighted by Crippen LogP contribution is 2.49. The molecule has 0 bridgehead atoms. The minimum Gasteiger partial charge on any atom is -0.495 e. The lowest BCUT2D eigenvalue weighted by atomic mass is 9.54. The van der Waals surface area contributed by atoms with E-state index in [1.807, 2.05) is 26.8 Å². The highest BCUT2D eigenvalue weighted by Gasteiger charge is 2.62. The van der Waals surface area contributed by atoms with Crippen molar-refractivity contribution in [2.75, 3.05) is 13.7 Å². The van der Waals surface area contributed by atoms with Crippen molar-refractivity contribution in [3.63, 3.8) is 0 Å². The molecule has 0 aromatic heterocycles. The number of amides is 1. The third-order valence-electron chi connectivity index (χ3n) is 4.90. The fraction of sp³-hybridized carbons (Fsp3) is 0.588. The highest BCUT2D eigenvalue weighted by atomic mass is 35.5. The van der Waals surface area contributed by atoms with Crippen LogP contribution in [0.5, 0.6) is 5.75 Å². The van der Waals surface area contributed by atoms with Crippen LogP contribution in [0, 0.1) is 5.41 Å². The number of nitrogens with two attached hydrogens (primary N) is 1. The normalized spacial score (nSPS) is 24.5. The van der Waals surface area contributed by atoms with E-state index in [4.69, 9.17) is 26.8 Å². The number of hydrogen-bond acceptors (Lipinski definition) is 4. The summed E-state index contributed by atoms with van der Waals surface area (Å²) in [7, 11) is 1.56. The van der Waals surface area contributed by atoms with Gasteiger partial charge in [0, 0.05) is 25.0 Å². The van der Waals surface area contributed by atoms with Gasteiger partial charge in [-0.2, -0.15) is 0 Å². The first-order valence-electron chi connectivity index (χ1n) is 7.77. The van der Waals surface area contributed by atoms with E-state index in [0.29, 0.717) is 30.3 Å². The fourth-order valence-corrected chi connectivity index (χ4v) is 3.26. The maximum Gasteiger partial charge on any atom is 0.241 e. The third-order valence-corrected chi connectivity index (χ3v) is 5.20. The van der Waals surface area contributed by atoms with Gasteiger partial charge < -0.3 is 20.5 Å². The van der Waals surface area contributed by atoms with E-state index < -0.39 is 11.0 Å². The predicted molar refractivity (Wildman–Crippen MR) is 97.8 cm³/mol. The standard InChI is InChI=1S/C17H25ClN2O3.ClH/c1-5-23-14-9-17(19,16(14,2)3)15(21)20-10-11-6-7-13(22-4)12(18)8-11;/h6-8,14H,5,9-10,19H2,1-4H3,(H,20,21);1H. The van der Waals surface area contributed by atoms with E-state index in [1.165, 1.54) is 0 Å². The minimum atomic E-state index is -0.914. The Bertz CT molecular complexity index is 595. The van der Waals surface area contributed by atoms with Gasteiger partial charge in [0.15, 0.2) is 0 Å². The molecule has 1 aliphatic carbocycles. The van der Waals surface area contributed by atoms with Crippen molar-refractivity contribution in [2.45, 2.75) is 45.4 Å². The van der Waals surface area contributed by atoms with Gasteiger partial charge in [0.05, 0.1) is 18.2 Å². The van der Waals surface area contributed by atoms with Crippen molar-refractivity contribution in [3.8, 4) is 5.75 Å². The van der Waals surface area contributed by atoms with Crippen molar-refractivity contribution in [3.05, 3.63) is 28.8 Å². The zero-order chi connectivity index (χ0) is 17.3. The Morgan fingerprint density at radius 2 is 2.12 bits per heavy atom. The topological polar surface area (TPSA) is 73.6 Å². The Labute approximate surface area is 154 Å². The molecule has 1 aliphatic rings.